The number of anilines is 1. The molecule has 0 bridgehead atoms. The molecule has 0 aliphatic carbocycles. The van der Waals surface area contributed by atoms with E-state index in [0.29, 0.717) is 85.4 Å². The number of nitrogens with one attached hydrogen (secondary N) is 3. The molecule has 2 aromatic carbocycles. The monoisotopic (exact) mass is 800 g/mol. The number of benzene rings is 2. The first kappa shape index (κ1) is 41.8. The predicted molar refractivity (Wildman–Crippen MR) is 217 cm³/mol. The number of methoxy groups -OCH3 is 2. The Bertz CT molecular complexity index is 2280. The number of urea groups is 1. The van der Waals surface area contributed by atoms with Crippen molar-refractivity contribution in [2.24, 2.45) is 7.05 Å². The molecule has 3 N–H and O–H groups in total. The number of aryl methyl sites for hydroxylation is 2. The van der Waals surface area contributed by atoms with Crippen LogP contribution in [0, 0.1) is 6.92 Å². The normalized spacial score (nSPS) is 15.4. The first-order valence-corrected chi connectivity index (χ1v) is 19.3. The van der Waals surface area contributed by atoms with Crippen LogP contribution < -0.4 is 36.5 Å². The Morgan fingerprint density at radius 2 is 1.66 bits per heavy atom. The lowest BCUT2D eigenvalue weighted by molar-refractivity contribution is -0.135. The van der Waals surface area contributed by atoms with Gasteiger partial charge in [0.1, 0.15) is 23.4 Å². The number of hydrogen-bond acceptors (Lipinski definition) is 12. The van der Waals surface area contributed by atoms with E-state index >= 15 is 0 Å². The molecule has 1 saturated heterocycles. The Labute approximate surface area is 336 Å². The maximum absolute atomic E-state index is 13.6. The molecule has 17 heteroatoms. The number of pyridine rings is 1. The van der Waals surface area contributed by atoms with Crippen molar-refractivity contribution in [3.05, 3.63) is 79.8 Å². The van der Waals surface area contributed by atoms with E-state index in [1.165, 1.54) is 4.57 Å². The number of carbonyl (C=O) groups is 3. The van der Waals surface area contributed by atoms with Gasteiger partial charge in [-0.05, 0) is 69.3 Å². The fraction of sp³-hybridized carbons (Fsp3) is 0.463. The standard InChI is InChI=1S/C41H52N8O9/c1-25-44-32-9-7-8-31(37(32)40(53)49(25)33-10-11-36(50)45-38(33)51)42-13-16-57-18-19-58-17-14-43-41(54)48-15-12-27-28(23-47(4)39(52)29(27)24-48)26-20-34(55-5)30(22-46(2)3)35(21-26)56-6/h7-9,20-21,23,33,42H,10-19,22,24H2,1-6H3,(H,43,54)(H,45,50,51). The Kier molecular flexibility index (Phi) is 13.5. The maximum Gasteiger partial charge on any atom is 0.317 e. The minimum absolute atomic E-state index is 0.143. The molecule has 4 amide bonds. The van der Waals surface area contributed by atoms with Gasteiger partial charge in [0.05, 0.1) is 63.7 Å². The summed E-state index contributed by atoms with van der Waals surface area (Å²) in [7, 11) is 8.94. The molecule has 4 heterocycles. The van der Waals surface area contributed by atoms with Crippen molar-refractivity contribution in [1.82, 2.24) is 34.6 Å². The van der Waals surface area contributed by atoms with Crippen LogP contribution in [0.2, 0.25) is 0 Å². The molecule has 0 spiro atoms. The molecule has 6 rings (SSSR count). The third-order valence-electron chi connectivity index (χ3n) is 10.3. The molecule has 2 aromatic heterocycles. The zero-order valence-electron chi connectivity index (χ0n) is 33.9. The van der Waals surface area contributed by atoms with Crippen LogP contribution in [0.15, 0.2) is 46.1 Å². The molecule has 2 aliphatic heterocycles. The minimum atomic E-state index is -0.808. The second-order valence-electron chi connectivity index (χ2n) is 14.6. The maximum atomic E-state index is 13.6. The summed E-state index contributed by atoms with van der Waals surface area (Å²) in [6, 6.07) is 8.17. The number of nitrogens with zero attached hydrogens (tertiary/aromatic N) is 5. The average Bonchev–Trinajstić information content (AvgIpc) is 3.20. The highest BCUT2D eigenvalue weighted by molar-refractivity contribution is 5.99. The average molecular weight is 801 g/mol. The predicted octanol–water partition coefficient (Wildman–Crippen LogP) is 2.34. The lowest BCUT2D eigenvalue weighted by Gasteiger charge is -2.30. The van der Waals surface area contributed by atoms with E-state index < -0.39 is 11.9 Å². The van der Waals surface area contributed by atoms with Crippen LogP contribution in [0.4, 0.5) is 10.5 Å². The zero-order valence-corrected chi connectivity index (χ0v) is 33.9. The van der Waals surface area contributed by atoms with Crippen LogP contribution in [0.3, 0.4) is 0 Å². The van der Waals surface area contributed by atoms with Gasteiger partial charge < -0.3 is 43.9 Å². The van der Waals surface area contributed by atoms with Crippen molar-refractivity contribution in [1.29, 1.82) is 0 Å². The lowest BCUT2D eigenvalue weighted by Crippen LogP contribution is -2.45. The third kappa shape index (κ3) is 9.16. The summed E-state index contributed by atoms with van der Waals surface area (Å²) in [5, 5.41) is 8.79. The van der Waals surface area contributed by atoms with E-state index in [4.69, 9.17) is 18.9 Å². The molecule has 2 aliphatic rings. The molecule has 1 unspecified atom stereocenters. The van der Waals surface area contributed by atoms with Gasteiger partial charge in [-0.1, -0.05) is 6.07 Å². The second-order valence-corrected chi connectivity index (χ2v) is 14.6. The quantitative estimate of drug-likeness (QED) is 0.111. The van der Waals surface area contributed by atoms with Crippen molar-refractivity contribution in [2.75, 3.05) is 79.7 Å². The first-order valence-electron chi connectivity index (χ1n) is 19.3. The number of carbonyl (C=O) groups excluding carboxylic acids is 3. The smallest absolute Gasteiger partial charge is 0.317 e. The van der Waals surface area contributed by atoms with Gasteiger partial charge in [-0.25, -0.2) is 9.78 Å². The number of aromatic nitrogens is 3. The summed E-state index contributed by atoms with van der Waals surface area (Å²) in [5.41, 5.74) is 4.76. The van der Waals surface area contributed by atoms with Gasteiger partial charge in [0.15, 0.2) is 0 Å². The molecule has 17 nitrogen and oxygen atoms in total. The number of piperidine rings is 1. The van der Waals surface area contributed by atoms with E-state index in [-0.39, 0.29) is 55.6 Å². The second kappa shape index (κ2) is 18.7. The Hall–Kier alpha value is -5.78. The molecule has 1 atom stereocenters. The summed E-state index contributed by atoms with van der Waals surface area (Å²) in [4.78, 5) is 72.5. The summed E-state index contributed by atoms with van der Waals surface area (Å²) in [6.07, 6.45) is 2.73. The van der Waals surface area contributed by atoms with E-state index in [1.54, 1.807) is 55.9 Å². The van der Waals surface area contributed by atoms with E-state index in [0.717, 1.165) is 22.3 Å². The van der Waals surface area contributed by atoms with E-state index in [9.17, 15) is 24.0 Å². The van der Waals surface area contributed by atoms with Crippen LogP contribution in [0.5, 0.6) is 11.5 Å². The number of imide groups is 1. The van der Waals surface area contributed by atoms with Gasteiger partial charge in [0.25, 0.3) is 11.1 Å². The zero-order chi connectivity index (χ0) is 41.5. The summed E-state index contributed by atoms with van der Waals surface area (Å²) >= 11 is 0. The molecular weight excluding hydrogens is 748 g/mol. The SMILES string of the molecule is COc1cc(-c2cn(C)c(=O)c3c2CCN(C(=O)NCCOCCOCCNc2cccc4nc(C)n(C5CCC(=O)NC5=O)c(=O)c24)C3)cc(OC)c1CN(C)C. The molecule has 0 saturated carbocycles. The number of ether oxygens (including phenoxy) is 4. The molecule has 310 valence electrons. The Morgan fingerprint density at radius 3 is 2.33 bits per heavy atom. The fourth-order valence-corrected chi connectivity index (χ4v) is 7.55. The highest BCUT2D eigenvalue weighted by atomic mass is 16.5. The number of amides is 4. The van der Waals surface area contributed by atoms with E-state index in [2.05, 4.69) is 20.9 Å². The van der Waals surface area contributed by atoms with Gasteiger partial charge in [0.2, 0.25) is 11.8 Å². The summed E-state index contributed by atoms with van der Waals surface area (Å²) in [5.74, 6) is 0.924. The van der Waals surface area contributed by atoms with Crippen molar-refractivity contribution in [3.8, 4) is 22.6 Å². The van der Waals surface area contributed by atoms with Crippen LogP contribution in [0.1, 0.15) is 41.4 Å². The first-order chi connectivity index (χ1) is 27.9. The molecular formula is C41H52N8O9. The summed E-state index contributed by atoms with van der Waals surface area (Å²) < 4.78 is 25.8. The third-order valence-corrected chi connectivity index (χ3v) is 10.3. The van der Waals surface area contributed by atoms with Gasteiger partial charge in [-0.15, -0.1) is 0 Å². The summed E-state index contributed by atoms with van der Waals surface area (Å²) in [6.45, 7) is 4.85. The molecule has 4 aromatic rings. The Morgan fingerprint density at radius 1 is 0.948 bits per heavy atom. The van der Waals surface area contributed by atoms with Crippen molar-refractivity contribution in [2.45, 2.75) is 45.3 Å². The van der Waals surface area contributed by atoms with Gasteiger partial charge in [-0.3, -0.25) is 29.1 Å². The van der Waals surface area contributed by atoms with Crippen LogP contribution >= 0.6 is 0 Å². The van der Waals surface area contributed by atoms with Crippen LogP contribution in [0.25, 0.3) is 22.0 Å². The highest BCUT2D eigenvalue weighted by Crippen LogP contribution is 2.38. The lowest BCUT2D eigenvalue weighted by atomic mass is 9.91. The number of rotatable bonds is 16. The topological polar surface area (TPSA) is 188 Å². The van der Waals surface area contributed by atoms with Crippen LogP contribution in [-0.4, -0.2) is 116 Å². The number of fused-ring (bicyclic) bond motifs is 2. The molecule has 1 fully saturated rings. The van der Waals surface area contributed by atoms with Crippen molar-refractivity contribution < 1.29 is 33.3 Å². The highest BCUT2D eigenvalue weighted by Gasteiger charge is 2.31. The largest absolute Gasteiger partial charge is 0.496 e. The number of hydrogen-bond donors (Lipinski definition) is 3. The molecule has 0 radical (unpaired) electrons. The van der Waals surface area contributed by atoms with Gasteiger partial charge in [-0.2, -0.15) is 0 Å². The van der Waals surface area contributed by atoms with E-state index in [1.807, 2.05) is 37.3 Å². The van der Waals surface area contributed by atoms with Gasteiger partial charge in [0, 0.05) is 62.7 Å². The van der Waals surface area contributed by atoms with Gasteiger partial charge >= 0.3 is 6.03 Å². The van der Waals surface area contributed by atoms with Crippen LogP contribution in [-0.2, 0) is 45.6 Å². The van der Waals surface area contributed by atoms with Crippen molar-refractivity contribution >= 4 is 34.4 Å². The fourth-order valence-electron chi connectivity index (χ4n) is 7.55. The Balaban J connectivity index is 0.956. The van der Waals surface area contributed by atoms with Crippen molar-refractivity contribution in [3.63, 3.8) is 0 Å². The molecule has 58 heavy (non-hydrogen) atoms. The minimum Gasteiger partial charge on any atom is -0.496 e.